The Morgan fingerprint density at radius 2 is 1.60 bits per heavy atom. The highest BCUT2D eigenvalue weighted by atomic mass is 16.4. The van der Waals surface area contributed by atoms with Gasteiger partial charge in [-0.15, -0.1) is 0 Å². The molecule has 2 rings (SSSR count). The highest BCUT2D eigenvalue weighted by molar-refractivity contribution is 6.11. The highest BCUT2D eigenvalue weighted by Gasteiger charge is 2.11. The van der Waals surface area contributed by atoms with Crippen LogP contribution in [0.5, 0.6) is 0 Å². The molecular weight excluding hydrogens is 252 g/mol. The lowest BCUT2D eigenvalue weighted by Crippen LogP contribution is -2.03. The Morgan fingerprint density at radius 1 is 0.950 bits per heavy atom. The minimum Gasteiger partial charge on any atom is -0.481 e. The van der Waals surface area contributed by atoms with Crippen molar-refractivity contribution in [3.8, 4) is 0 Å². The fourth-order valence-corrected chi connectivity index (χ4v) is 1.88. The van der Waals surface area contributed by atoms with Gasteiger partial charge in [-0.1, -0.05) is 66.7 Å². The molecular formula is C17H14O3. The van der Waals surface area contributed by atoms with Gasteiger partial charge >= 0.3 is 5.97 Å². The molecule has 0 aromatic heterocycles. The van der Waals surface area contributed by atoms with Gasteiger partial charge in [0.25, 0.3) is 0 Å². The van der Waals surface area contributed by atoms with E-state index in [9.17, 15) is 9.59 Å². The molecule has 20 heavy (non-hydrogen) atoms. The van der Waals surface area contributed by atoms with E-state index in [1.165, 1.54) is 0 Å². The second kappa shape index (κ2) is 6.48. The summed E-state index contributed by atoms with van der Waals surface area (Å²) in [4.78, 5) is 22.9. The summed E-state index contributed by atoms with van der Waals surface area (Å²) in [5.41, 5.74) is 1.91. The lowest BCUT2D eigenvalue weighted by molar-refractivity contribution is -0.135. The topological polar surface area (TPSA) is 54.4 Å². The summed E-state index contributed by atoms with van der Waals surface area (Å²) in [6.45, 7) is 0. The Kier molecular flexibility index (Phi) is 4.45. The first-order valence-corrected chi connectivity index (χ1v) is 6.25. The van der Waals surface area contributed by atoms with Crippen LogP contribution in [0.15, 0.2) is 60.7 Å². The second-order valence-corrected chi connectivity index (χ2v) is 4.28. The van der Waals surface area contributed by atoms with Crippen LogP contribution in [0.1, 0.15) is 27.9 Å². The number of rotatable bonds is 5. The monoisotopic (exact) mass is 266 g/mol. The van der Waals surface area contributed by atoms with Crippen molar-refractivity contribution < 1.29 is 14.7 Å². The van der Waals surface area contributed by atoms with E-state index in [2.05, 4.69) is 0 Å². The number of hydrogen-bond donors (Lipinski definition) is 1. The zero-order valence-corrected chi connectivity index (χ0v) is 10.8. The van der Waals surface area contributed by atoms with E-state index < -0.39 is 5.97 Å². The van der Waals surface area contributed by atoms with Crippen LogP contribution in [0.4, 0.5) is 0 Å². The number of ketones is 1. The summed E-state index contributed by atoms with van der Waals surface area (Å²) in [5.74, 6) is -0.964. The van der Waals surface area contributed by atoms with Crippen LogP contribution in [0.3, 0.4) is 0 Å². The molecule has 2 aromatic rings. The molecule has 3 heteroatoms. The molecule has 0 amide bonds. The Hall–Kier alpha value is -2.68. The standard InChI is InChI=1S/C17H14O3/c18-16(19)12-6-10-13-7-4-5-11-15(13)17(20)14-8-2-1-3-9-14/h1-11H,12H2,(H,18,19). The Morgan fingerprint density at radius 3 is 2.30 bits per heavy atom. The van der Waals surface area contributed by atoms with E-state index in [1.807, 2.05) is 24.3 Å². The summed E-state index contributed by atoms with van der Waals surface area (Å²) in [6, 6.07) is 16.2. The van der Waals surface area contributed by atoms with E-state index in [1.54, 1.807) is 42.5 Å². The molecule has 0 aliphatic carbocycles. The lowest BCUT2D eigenvalue weighted by Gasteiger charge is -2.05. The normalized spacial score (nSPS) is 10.6. The summed E-state index contributed by atoms with van der Waals surface area (Å²) in [7, 11) is 0. The molecule has 0 saturated carbocycles. The minimum atomic E-state index is -0.895. The molecule has 1 N–H and O–H groups in total. The summed E-state index contributed by atoms with van der Waals surface area (Å²) in [5, 5.41) is 8.63. The first-order valence-electron chi connectivity index (χ1n) is 6.25. The largest absolute Gasteiger partial charge is 0.481 e. The average Bonchev–Trinajstić information content (AvgIpc) is 2.47. The molecule has 0 radical (unpaired) electrons. The van der Waals surface area contributed by atoms with E-state index in [-0.39, 0.29) is 12.2 Å². The Bertz CT molecular complexity index is 642. The van der Waals surface area contributed by atoms with Crippen LogP contribution >= 0.6 is 0 Å². The van der Waals surface area contributed by atoms with Gasteiger partial charge in [0.1, 0.15) is 0 Å². The van der Waals surface area contributed by atoms with E-state index >= 15 is 0 Å². The van der Waals surface area contributed by atoms with Crippen molar-refractivity contribution in [3.63, 3.8) is 0 Å². The maximum absolute atomic E-state index is 12.4. The summed E-state index contributed by atoms with van der Waals surface area (Å²) in [6.07, 6.45) is 3.15. The predicted molar refractivity (Wildman–Crippen MR) is 77.6 cm³/mol. The lowest BCUT2D eigenvalue weighted by atomic mass is 9.98. The number of carbonyl (C=O) groups is 2. The average molecular weight is 266 g/mol. The van der Waals surface area contributed by atoms with Crippen LogP contribution in [-0.4, -0.2) is 16.9 Å². The van der Waals surface area contributed by atoms with Crippen LogP contribution in [0, 0.1) is 0 Å². The van der Waals surface area contributed by atoms with Gasteiger partial charge in [-0.05, 0) is 5.56 Å². The number of carboxylic acids is 1. The van der Waals surface area contributed by atoms with Crippen LogP contribution in [-0.2, 0) is 4.79 Å². The SMILES string of the molecule is O=C(O)CC=Cc1ccccc1C(=O)c1ccccc1. The van der Waals surface area contributed by atoms with Crippen molar-refractivity contribution in [3.05, 3.63) is 77.4 Å². The quantitative estimate of drug-likeness (QED) is 0.844. The number of hydrogen-bond acceptors (Lipinski definition) is 2. The van der Waals surface area contributed by atoms with Crippen molar-refractivity contribution in [2.24, 2.45) is 0 Å². The molecule has 0 fully saturated rings. The fraction of sp³-hybridized carbons (Fsp3) is 0.0588. The van der Waals surface area contributed by atoms with Crippen LogP contribution in [0.25, 0.3) is 6.08 Å². The zero-order valence-electron chi connectivity index (χ0n) is 10.8. The van der Waals surface area contributed by atoms with Gasteiger partial charge in [-0.2, -0.15) is 0 Å². The third-order valence-electron chi connectivity index (χ3n) is 2.83. The van der Waals surface area contributed by atoms with Crippen LogP contribution < -0.4 is 0 Å². The smallest absolute Gasteiger partial charge is 0.307 e. The van der Waals surface area contributed by atoms with E-state index in [4.69, 9.17) is 5.11 Å². The molecule has 2 aromatic carbocycles. The molecule has 0 aliphatic rings. The maximum Gasteiger partial charge on any atom is 0.307 e. The van der Waals surface area contributed by atoms with Gasteiger partial charge in [0.15, 0.2) is 5.78 Å². The van der Waals surface area contributed by atoms with Crippen molar-refractivity contribution in [1.29, 1.82) is 0 Å². The third-order valence-corrected chi connectivity index (χ3v) is 2.83. The minimum absolute atomic E-state index is 0.0616. The second-order valence-electron chi connectivity index (χ2n) is 4.28. The zero-order chi connectivity index (χ0) is 14.4. The first-order chi connectivity index (χ1) is 9.68. The maximum atomic E-state index is 12.4. The number of aliphatic carboxylic acids is 1. The van der Waals surface area contributed by atoms with Crippen molar-refractivity contribution >= 4 is 17.8 Å². The van der Waals surface area contributed by atoms with E-state index in [0.29, 0.717) is 11.1 Å². The number of carboxylic acid groups (broad SMARTS) is 1. The van der Waals surface area contributed by atoms with Crippen molar-refractivity contribution in [1.82, 2.24) is 0 Å². The molecule has 0 spiro atoms. The van der Waals surface area contributed by atoms with Crippen molar-refractivity contribution in [2.45, 2.75) is 6.42 Å². The summed E-state index contributed by atoms with van der Waals surface area (Å²) >= 11 is 0. The predicted octanol–water partition coefficient (Wildman–Crippen LogP) is 3.41. The number of benzene rings is 2. The molecule has 3 nitrogen and oxygen atoms in total. The van der Waals surface area contributed by atoms with Gasteiger partial charge in [0.2, 0.25) is 0 Å². The molecule has 0 atom stereocenters. The molecule has 0 saturated heterocycles. The van der Waals surface area contributed by atoms with Gasteiger partial charge < -0.3 is 5.11 Å². The molecule has 0 aliphatic heterocycles. The van der Waals surface area contributed by atoms with E-state index in [0.717, 1.165) is 5.56 Å². The Balaban J connectivity index is 2.30. The van der Waals surface area contributed by atoms with Gasteiger partial charge in [0.05, 0.1) is 6.42 Å². The summed E-state index contributed by atoms with van der Waals surface area (Å²) < 4.78 is 0. The molecule has 0 unspecified atom stereocenters. The fourth-order valence-electron chi connectivity index (χ4n) is 1.88. The number of carbonyl (C=O) groups excluding carboxylic acids is 1. The molecule has 0 heterocycles. The Labute approximate surface area is 117 Å². The van der Waals surface area contributed by atoms with Crippen LogP contribution in [0.2, 0.25) is 0 Å². The molecule has 100 valence electrons. The van der Waals surface area contributed by atoms with Gasteiger partial charge in [-0.25, -0.2) is 0 Å². The third kappa shape index (κ3) is 3.42. The first kappa shape index (κ1) is 13.7. The molecule has 0 bridgehead atoms. The van der Waals surface area contributed by atoms with Gasteiger partial charge in [0, 0.05) is 11.1 Å². The van der Waals surface area contributed by atoms with Crippen molar-refractivity contribution in [2.75, 3.05) is 0 Å². The highest BCUT2D eigenvalue weighted by Crippen LogP contribution is 2.16. The van der Waals surface area contributed by atoms with Gasteiger partial charge in [-0.3, -0.25) is 9.59 Å².